The van der Waals surface area contributed by atoms with Crippen LogP contribution in [0.1, 0.15) is 5.82 Å². The number of benzene rings is 1. The van der Waals surface area contributed by atoms with Crippen molar-refractivity contribution in [3.8, 4) is 5.75 Å². The predicted octanol–water partition coefficient (Wildman–Crippen LogP) is 1.84. The van der Waals surface area contributed by atoms with Crippen molar-refractivity contribution in [1.82, 2.24) is 20.1 Å². The molecule has 5 nitrogen and oxygen atoms in total. The van der Waals surface area contributed by atoms with Crippen molar-refractivity contribution in [3.63, 3.8) is 0 Å². The summed E-state index contributed by atoms with van der Waals surface area (Å²) in [6.45, 7) is 1.93. The molecule has 1 N–H and O–H groups in total. The zero-order valence-corrected chi connectivity index (χ0v) is 11.7. The molecule has 2 rings (SSSR count). The van der Waals surface area contributed by atoms with Crippen molar-refractivity contribution < 1.29 is 4.74 Å². The summed E-state index contributed by atoms with van der Waals surface area (Å²) >= 11 is 3.41. The van der Waals surface area contributed by atoms with Crippen LogP contribution in [0.2, 0.25) is 0 Å². The van der Waals surface area contributed by atoms with Crippen molar-refractivity contribution in [2.75, 3.05) is 13.7 Å². The Labute approximate surface area is 114 Å². The first-order chi connectivity index (χ1) is 8.78. The first kappa shape index (κ1) is 13.0. The molecule has 0 aliphatic rings. The van der Waals surface area contributed by atoms with Crippen LogP contribution < -0.4 is 10.1 Å². The van der Waals surface area contributed by atoms with Gasteiger partial charge in [0.25, 0.3) is 0 Å². The minimum atomic E-state index is 0.568. The maximum atomic E-state index is 5.63. The first-order valence-corrected chi connectivity index (χ1v) is 6.48. The Morgan fingerprint density at radius 3 is 3.11 bits per heavy atom. The molecule has 0 radical (unpaired) electrons. The van der Waals surface area contributed by atoms with Gasteiger partial charge in [0.2, 0.25) is 0 Å². The third-order valence-electron chi connectivity index (χ3n) is 2.30. The van der Waals surface area contributed by atoms with Gasteiger partial charge in [0.1, 0.15) is 18.7 Å². The van der Waals surface area contributed by atoms with Gasteiger partial charge in [0.15, 0.2) is 5.82 Å². The molecule has 0 atom stereocenters. The molecule has 0 bridgehead atoms. The standard InChI is InChI=1S/C12H15BrN4O/c1-14-8-12-15-9-17(16-12)5-6-18-11-4-2-3-10(13)7-11/h2-4,7,9,14H,5-6,8H2,1H3. The van der Waals surface area contributed by atoms with Crippen LogP contribution in [-0.4, -0.2) is 28.4 Å². The lowest BCUT2D eigenvalue weighted by Gasteiger charge is -2.06. The fourth-order valence-electron chi connectivity index (χ4n) is 1.49. The molecule has 18 heavy (non-hydrogen) atoms. The van der Waals surface area contributed by atoms with Crippen LogP contribution in [-0.2, 0) is 13.1 Å². The number of ether oxygens (including phenoxy) is 1. The molecule has 96 valence electrons. The zero-order valence-electron chi connectivity index (χ0n) is 10.1. The van der Waals surface area contributed by atoms with E-state index < -0.39 is 0 Å². The Morgan fingerprint density at radius 1 is 1.44 bits per heavy atom. The molecule has 0 aliphatic carbocycles. The maximum absolute atomic E-state index is 5.63. The Kier molecular flexibility index (Phi) is 4.72. The third kappa shape index (κ3) is 3.82. The second kappa shape index (κ2) is 6.51. The van der Waals surface area contributed by atoms with Crippen molar-refractivity contribution in [1.29, 1.82) is 0 Å². The average Bonchev–Trinajstić information content (AvgIpc) is 2.78. The Bertz CT molecular complexity index is 500. The monoisotopic (exact) mass is 310 g/mol. The van der Waals surface area contributed by atoms with Crippen LogP contribution in [0.3, 0.4) is 0 Å². The van der Waals surface area contributed by atoms with Gasteiger partial charge in [0, 0.05) is 4.47 Å². The quantitative estimate of drug-likeness (QED) is 0.884. The summed E-state index contributed by atoms with van der Waals surface area (Å²) in [4.78, 5) is 4.17. The predicted molar refractivity (Wildman–Crippen MR) is 72.4 cm³/mol. The topological polar surface area (TPSA) is 52.0 Å². The number of nitrogens with one attached hydrogen (secondary N) is 1. The fraction of sp³-hybridized carbons (Fsp3) is 0.333. The SMILES string of the molecule is CNCc1ncn(CCOc2cccc(Br)c2)n1. The third-order valence-corrected chi connectivity index (χ3v) is 2.80. The van der Waals surface area contributed by atoms with Gasteiger partial charge in [-0.1, -0.05) is 22.0 Å². The van der Waals surface area contributed by atoms with E-state index >= 15 is 0 Å². The Balaban J connectivity index is 1.81. The van der Waals surface area contributed by atoms with Gasteiger partial charge in [0.05, 0.1) is 13.1 Å². The van der Waals surface area contributed by atoms with Crippen LogP contribution in [0.4, 0.5) is 0 Å². The highest BCUT2D eigenvalue weighted by atomic mass is 79.9. The van der Waals surface area contributed by atoms with Crippen molar-refractivity contribution in [2.45, 2.75) is 13.1 Å². The van der Waals surface area contributed by atoms with Crippen LogP contribution in [0, 0.1) is 0 Å². The highest BCUT2D eigenvalue weighted by Crippen LogP contribution is 2.17. The second-order valence-electron chi connectivity index (χ2n) is 3.76. The van der Waals surface area contributed by atoms with E-state index in [-0.39, 0.29) is 0 Å². The zero-order chi connectivity index (χ0) is 12.8. The van der Waals surface area contributed by atoms with Gasteiger partial charge in [-0.25, -0.2) is 9.67 Å². The minimum absolute atomic E-state index is 0.568. The molecule has 0 saturated heterocycles. The van der Waals surface area contributed by atoms with Gasteiger partial charge in [-0.05, 0) is 25.2 Å². The van der Waals surface area contributed by atoms with Crippen LogP contribution in [0.5, 0.6) is 5.75 Å². The lowest BCUT2D eigenvalue weighted by molar-refractivity contribution is 0.290. The average molecular weight is 311 g/mol. The summed E-state index contributed by atoms with van der Waals surface area (Å²) in [6, 6.07) is 7.78. The summed E-state index contributed by atoms with van der Waals surface area (Å²) in [6.07, 6.45) is 1.72. The molecule has 1 aromatic carbocycles. The summed E-state index contributed by atoms with van der Waals surface area (Å²) in [7, 11) is 1.87. The highest BCUT2D eigenvalue weighted by molar-refractivity contribution is 9.10. The van der Waals surface area contributed by atoms with E-state index in [0.717, 1.165) is 16.0 Å². The van der Waals surface area contributed by atoms with E-state index in [1.807, 2.05) is 31.3 Å². The van der Waals surface area contributed by atoms with E-state index in [1.54, 1.807) is 11.0 Å². The molecule has 1 aromatic heterocycles. The van der Waals surface area contributed by atoms with Crippen molar-refractivity contribution in [2.24, 2.45) is 0 Å². The number of aromatic nitrogens is 3. The number of halogens is 1. The van der Waals surface area contributed by atoms with Gasteiger partial charge < -0.3 is 10.1 Å². The molecule has 1 heterocycles. The summed E-state index contributed by atoms with van der Waals surface area (Å²) in [5.74, 6) is 1.64. The molecule has 0 aliphatic heterocycles. The van der Waals surface area contributed by atoms with E-state index in [2.05, 4.69) is 31.3 Å². The molecule has 0 saturated carbocycles. The second-order valence-corrected chi connectivity index (χ2v) is 4.68. The van der Waals surface area contributed by atoms with Gasteiger partial charge in [-0.3, -0.25) is 0 Å². The van der Waals surface area contributed by atoms with Crippen LogP contribution >= 0.6 is 15.9 Å². The molecule has 6 heteroatoms. The van der Waals surface area contributed by atoms with Crippen molar-refractivity contribution >= 4 is 15.9 Å². The van der Waals surface area contributed by atoms with E-state index in [0.29, 0.717) is 19.7 Å². The van der Waals surface area contributed by atoms with Crippen LogP contribution in [0.15, 0.2) is 35.1 Å². The van der Waals surface area contributed by atoms with Gasteiger partial charge in [-0.15, -0.1) is 0 Å². The van der Waals surface area contributed by atoms with Crippen LogP contribution in [0.25, 0.3) is 0 Å². The van der Waals surface area contributed by atoms with Gasteiger partial charge in [-0.2, -0.15) is 5.10 Å². The van der Waals surface area contributed by atoms with E-state index in [9.17, 15) is 0 Å². The Morgan fingerprint density at radius 2 is 2.33 bits per heavy atom. The lowest BCUT2D eigenvalue weighted by atomic mass is 10.3. The highest BCUT2D eigenvalue weighted by Gasteiger charge is 2.00. The smallest absolute Gasteiger partial charge is 0.164 e. The summed E-state index contributed by atoms with van der Waals surface area (Å²) < 4.78 is 8.42. The maximum Gasteiger partial charge on any atom is 0.164 e. The fourth-order valence-corrected chi connectivity index (χ4v) is 1.87. The van der Waals surface area contributed by atoms with Gasteiger partial charge >= 0.3 is 0 Å². The normalized spacial score (nSPS) is 10.6. The largest absolute Gasteiger partial charge is 0.492 e. The molecular weight excluding hydrogens is 296 g/mol. The lowest BCUT2D eigenvalue weighted by Crippen LogP contribution is -2.10. The molecule has 0 fully saturated rings. The minimum Gasteiger partial charge on any atom is -0.492 e. The molecule has 0 unspecified atom stereocenters. The summed E-state index contributed by atoms with van der Waals surface area (Å²) in [5.41, 5.74) is 0. The number of hydrogen-bond acceptors (Lipinski definition) is 4. The number of nitrogens with zero attached hydrogens (tertiary/aromatic N) is 3. The molecule has 0 spiro atoms. The van der Waals surface area contributed by atoms with E-state index in [4.69, 9.17) is 4.74 Å². The first-order valence-electron chi connectivity index (χ1n) is 5.69. The van der Waals surface area contributed by atoms with Crippen molar-refractivity contribution in [3.05, 3.63) is 40.9 Å². The number of hydrogen-bond donors (Lipinski definition) is 1. The summed E-state index contributed by atoms with van der Waals surface area (Å²) in [5, 5.41) is 7.31. The molecule has 2 aromatic rings. The number of rotatable bonds is 6. The molecular formula is C12H15BrN4O. The molecule has 0 amide bonds. The van der Waals surface area contributed by atoms with E-state index in [1.165, 1.54) is 0 Å². The Hall–Kier alpha value is -1.40.